The molecule has 0 saturated carbocycles. The van der Waals surface area contributed by atoms with Gasteiger partial charge in [-0.25, -0.2) is 0 Å². The molecule has 1 atom stereocenters. The molecule has 0 bridgehead atoms. The number of benzene rings is 2. The Kier molecular flexibility index (Phi) is 10.2. The molecule has 1 N–H and O–H groups in total. The number of hydrogen-bond acceptors (Lipinski definition) is 6. The van der Waals surface area contributed by atoms with Crippen LogP contribution in [0.3, 0.4) is 0 Å². The molecule has 7 nitrogen and oxygen atoms in total. The minimum atomic E-state index is -2.18. The number of rotatable bonds is 13. The number of carbonyl (C=O) groups excluding carboxylic acids is 1. The van der Waals surface area contributed by atoms with Crippen LogP contribution in [0.25, 0.3) is 0 Å². The van der Waals surface area contributed by atoms with Gasteiger partial charge in [-0.15, -0.1) is 0 Å². The van der Waals surface area contributed by atoms with E-state index in [1.807, 2.05) is 51.1 Å². The van der Waals surface area contributed by atoms with Gasteiger partial charge in [0.15, 0.2) is 11.5 Å². The number of hydrogen-bond donors (Lipinski definition) is 1. The van der Waals surface area contributed by atoms with E-state index in [9.17, 15) is 4.79 Å². The number of para-hydroxylation sites is 1. The molecule has 0 radical (unpaired) electrons. The quantitative estimate of drug-likeness (QED) is 0.310. The van der Waals surface area contributed by atoms with Crippen molar-refractivity contribution in [3.8, 4) is 11.5 Å². The Labute approximate surface area is 251 Å². The van der Waals surface area contributed by atoms with E-state index in [4.69, 9.17) is 17.0 Å². The van der Waals surface area contributed by atoms with E-state index in [0.29, 0.717) is 45.1 Å². The van der Waals surface area contributed by atoms with Crippen LogP contribution in [-0.2, 0) is 16.0 Å². The Balaban J connectivity index is 1.72. The smallest absolute Gasteiger partial charge is 0.238 e. The van der Waals surface area contributed by atoms with Crippen LogP contribution in [-0.4, -0.2) is 79.8 Å². The zero-order valence-corrected chi connectivity index (χ0v) is 26.9. The second kappa shape index (κ2) is 14.0. The van der Waals surface area contributed by atoms with Crippen molar-refractivity contribution in [2.24, 2.45) is 0 Å². The van der Waals surface area contributed by atoms with Crippen molar-refractivity contribution in [1.82, 2.24) is 9.80 Å². The topological polar surface area (TPSA) is 63.3 Å². The van der Waals surface area contributed by atoms with Gasteiger partial charge in [0.2, 0.25) is 5.91 Å². The molecule has 2 aromatic carbocycles. The normalized spacial score (nSPS) is 18.4. The molecule has 2 aromatic rings. The molecular weight excluding hydrogens is 514 g/mol. The lowest BCUT2D eigenvalue weighted by Gasteiger charge is -2.49. The summed E-state index contributed by atoms with van der Waals surface area (Å²) in [4.78, 5) is 17.5. The number of nitrogens with zero attached hydrogens (tertiary/aromatic N) is 2. The third-order valence-corrected chi connectivity index (χ3v) is 8.17. The van der Waals surface area contributed by atoms with Gasteiger partial charge in [-0.3, -0.25) is 14.6 Å². The molecule has 1 fully saturated rings. The van der Waals surface area contributed by atoms with Gasteiger partial charge in [0.25, 0.3) is 0 Å². The van der Waals surface area contributed by atoms with E-state index >= 15 is 0 Å². The summed E-state index contributed by atoms with van der Waals surface area (Å²) in [7, 11) is 1.69. The average Bonchev–Trinajstić information content (AvgIpc) is 2.95. The van der Waals surface area contributed by atoms with Crippen LogP contribution < -0.4 is 14.8 Å². The van der Waals surface area contributed by atoms with Gasteiger partial charge in [0.05, 0.1) is 15.8 Å². The predicted octanol–water partition coefficient (Wildman–Crippen LogP) is 6.21. The first kappa shape index (κ1) is 29.9. The molecule has 1 heterocycles. The number of anilines is 1. The summed E-state index contributed by atoms with van der Waals surface area (Å²) in [5.74, 6) is 0.991. The average molecular weight is 570 g/mol. The minimum Gasteiger partial charge on any atom is -0.490 e. The van der Waals surface area contributed by atoms with Gasteiger partial charge in [-0.2, -0.15) is 0 Å². The van der Waals surface area contributed by atoms with Crippen molar-refractivity contribution >= 4 is 11.6 Å². The Morgan fingerprint density at radius 2 is 1.78 bits per heavy atom. The van der Waals surface area contributed by atoms with E-state index in [-0.39, 0.29) is 5.92 Å². The molecule has 0 spiro atoms. The van der Waals surface area contributed by atoms with Crippen LogP contribution in [0.5, 0.6) is 11.5 Å². The van der Waals surface area contributed by atoms with Crippen LogP contribution >= 0.6 is 0 Å². The third-order valence-electron chi connectivity index (χ3n) is 8.17. The molecule has 3 rings (SSSR count). The van der Waals surface area contributed by atoms with Crippen molar-refractivity contribution in [3.63, 3.8) is 0 Å². The van der Waals surface area contributed by atoms with Crippen molar-refractivity contribution in [2.45, 2.75) is 85.8 Å². The minimum absolute atomic E-state index is 0.204. The summed E-state index contributed by atoms with van der Waals surface area (Å²) in [5, 5.41) is 2.97. The molecule has 228 valence electrons. The summed E-state index contributed by atoms with van der Waals surface area (Å²) in [5.41, 5.74) is 3.99. The Morgan fingerprint density at radius 1 is 1.12 bits per heavy atom. The Hall–Kier alpha value is -2.61. The lowest BCUT2D eigenvalue weighted by atomic mass is 9.95. The van der Waals surface area contributed by atoms with E-state index in [1.54, 1.807) is 12.0 Å². The second-order valence-corrected chi connectivity index (χ2v) is 12.4. The van der Waals surface area contributed by atoms with E-state index in [1.165, 1.54) is 0 Å². The fourth-order valence-electron chi connectivity index (χ4n) is 5.36. The monoisotopic (exact) mass is 569 g/mol. The standard InChI is InChI=1S/C34H53N3O4/c1-11-27-14-13-15-28(24(3)4)32(27)35-31(38)20-36-16-17-37(33(7,8)21-36)22-34(9,39-10)23-41-30-19-26(6)25(5)18-29(30)40-12-2/h13-15,18-19,24H,11-12,16-17,20-23H2,1-10H3,(H,35,38)/i20D2. The molecule has 1 aliphatic heterocycles. The number of aryl methyl sites for hydroxylation is 3. The SMILES string of the molecule is [2H]C([2H])(C(=O)Nc1c(CC)cccc1C(C)C)N1CCN(CC(C)(COc2cc(C)c(C)cc2OCC)OC)C(C)(C)C1. The van der Waals surface area contributed by atoms with Crippen molar-refractivity contribution in [3.05, 3.63) is 52.6 Å². The van der Waals surface area contributed by atoms with Gasteiger partial charge >= 0.3 is 0 Å². The van der Waals surface area contributed by atoms with Crippen molar-refractivity contribution < 1.29 is 21.7 Å². The molecule has 1 amide bonds. The number of carbonyl (C=O) groups is 1. The van der Waals surface area contributed by atoms with E-state index in [0.717, 1.165) is 40.1 Å². The summed E-state index contributed by atoms with van der Waals surface area (Å²) in [6, 6.07) is 10.0. The second-order valence-electron chi connectivity index (χ2n) is 12.4. The maximum absolute atomic E-state index is 13.5. The number of methoxy groups -OCH3 is 1. The molecule has 1 unspecified atom stereocenters. The highest BCUT2D eigenvalue weighted by Gasteiger charge is 2.39. The summed E-state index contributed by atoms with van der Waals surface area (Å²) >= 11 is 0. The first-order chi connectivity index (χ1) is 20.1. The largest absolute Gasteiger partial charge is 0.490 e. The summed E-state index contributed by atoms with van der Waals surface area (Å²) in [6.07, 6.45) is 0.753. The maximum atomic E-state index is 13.5. The van der Waals surface area contributed by atoms with E-state index in [2.05, 4.69) is 51.8 Å². The van der Waals surface area contributed by atoms with Gasteiger partial charge in [-0.1, -0.05) is 39.0 Å². The predicted molar refractivity (Wildman–Crippen MR) is 169 cm³/mol. The Morgan fingerprint density at radius 3 is 2.34 bits per heavy atom. The van der Waals surface area contributed by atoms with E-state index < -0.39 is 23.5 Å². The molecule has 0 aliphatic carbocycles. The Bertz CT molecular complexity index is 1270. The van der Waals surface area contributed by atoms with Gasteiger partial charge in [-0.05, 0) is 88.3 Å². The van der Waals surface area contributed by atoms with Crippen LogP contribution in [0.1, 0.15) is 79.4 Å². The lowest BCUT2D eigenvalue weighted by molar-refractivity contribution is -0.120. The highest BCUT2D eigenvalue weighted by atomic mass is 16.5. The van der Waals surface area contributed by atoms with Gasteiger partial charge in [0, 0.05) is 44.5 Å². The number of nitrogens with one attached hydrogen (secondary N) is 1. The number of amides is 1. The van der Waals surface area contributed by atoms with Crippen LogP contribution in [0.4, 0.5) is 5.69 Å². The van der Waals surface area contributed by atoms with Crippen molar-refractivity contribution in [1.29, 1.82) is 0 Å². The molecule has 0 aromatic heterocycles. The van der Waals surface area contributed by atoms with Crippen LogP contribution in [0.15, 0.2) is 30.3 Å². The fraction of sp³-hybridized carbons (Fsp3) is 0.618. The summed E-state index contributed by atoms with van der Waals surface area (Å²) < 4.78 is 35.9. The molecule has 1 aliphatic rings. The molecule has 1 saturated heterocycles. The highest BCUT2D eigenvalue weighted by molar-refractivity contribution is 5.94. The zero-order valence-electron chi connectivity index (χ0n) is 28.9. The van der Waals surface area contributed by atoms with Crippen LogP contribution in [0, 0.1) is 13.8 Å². The third kappa shape index (κ3) is 8.46. The molecular formula is C34H53N3O4. The zero-order chi connectivity index (χ0) is 32.2. The fourth-order valence-corrected chi connectivity index (χ4v) is 5.36. The summed E-state index contributed by atoms with van der Waals surface area (Å²) in [6.45, 7) is 19.1. The molecule has 7 heteroatoms. The first-order valence-electron chi connectivity index (χ1n) is 15.9. The maximum Gasteiger partial charge on any atom is 0.238 e. The van der Waals surface area contributed by atoms with Crippen LogP contribution in [0.2, 0.25) is 0 Å². The number of ether oxygens (including phenoxy) is 3. The first-order valence-corrected chi connectivity index (χ1v) is 14.9. The van der Waals surface area contributed by atoms with Gasteiger partial charge < -0.3 is 19.5 Å². The number of piperazine rings is 1. The lowest BCUT2D eigenvalue weighted by Crippen LogP contribution is -2.63. The van der Waals surface area contributed by atoms with Crippen molar-refractivity contribution in [2.75, 3.05) is 58.3 Å². The van der Waals surface area contributed by atoms with Gasteiger partial charge in [0.1, 0.15) is 12.2 Å². The highest BCUT2D eigenvalue weighted by Crippen LogP contribution is 2.33. The molecule has 41 heavy (non-hydrogen) atoms.